The zero-order valence-corrected chi connectivity index (χ0v) is 11.7. The topological polar surface area (TPSA) is 15.3 Å². The maximum absolute atomic E-state index is 13.6. The zero-order chi connectivity index (χ0) is 15.6. The van der Waals surface area contributed by atoms with Crippen molar-refractivity contribution in [2.24, 2.45) is 5.92 Å². The Kier molecular flexibility index (Phi) is 5.16. The lowest BCUT2D eigenvalue weighted by molar-refractivity contribution is 0.171. The average molecular weight is 308 g/mol. The van der Waals surface area contributed by atoms with Crippen molar-refractivity contribution in [1.82, 2.24) is 10.2 Å². The first-order chi connectivity index (χ1) is 9.95. The Bertz CT molecular complexity index is 484. The van der Waals surface area contributed by atoms with Crippen LogP contribution in [0.3, 0.4) is 0 Å². The van der Waals surface area contributed by atoms with Gasteiger partial charge in [0.1, 0.15) is 0 Å². The van der Waals surface area contributed by atoms with Gasteiger partial charge in [-0.1, -0.05) is 0 Å². The van der Waals surface area contributed by atoms with Gasteiger partial charge in [-0.15, -0.1) is 0 Å². The molecule has 0 radical (unpaired) electrons. The lowest BCUT2D eigenvalue weighted by Crippen LogP contribution is -2.36. The summed E-state index contributed by atoms with van der Waals surface area (Å²) in [5, 5.41) is 3.06. The molecule has 1 N–H and O–H groups in total. The second-order valence-corrected chi connectivity index (χ2v) is 5.33. The quantitative estimate of drug-likeness (QED) is 0.523. The Balaban J connectivity index is 2.11. The minimum Gasteiger partial charge on any atom is -0.319 e. The van der Waals surface area contributed by atoms with Crippen molar-refractivity contribution in [3.05, 3.63) is 34.6 Å². The van der Waals surface area contributed by atoms with Crippen LogP contribution in [0, 0.1) is 35.0 Å². The molecule has 1 fully saturated rings. The Labute approximate surface area is 119 Å². The molecule has 1 aliphatic heterocycles. The highest BCUT2D eigenvalue weighted by atomic mass is 19.2. The van der Waals surface area contributed by atoms with E-state index in [9.17, 15) is 22.0 Å². The van der Waals surface area contributed by atoms with Gasteiger partial charge in [0, 0.05) is 12.1 Å². The van der Waals surface area contributed by atoms with Gasteiger partial charge in [0.25, 0.3) is 0 Å². The summed E-state index contributed by atoms with van der Waals surface area (Å²) < 4.78 is 66.4. The summed E-state index contributed by atoms with van der Waals surface area (Å²) >= 11 is 0. The highest BCUT2D eigenvalue weighted by Gasteiger charge is 2.28. The average Bonchev–Trinajstić information content (AvgIpc) is 2.49. The highest BCUT2D eigenvalue weighted by Crippen LogP contribution is 2.26. The number of benzene rings is 1. The van der Waals surface area contributed by atoms with E-state index in [1.807, 2.05) is 7.05 Å². The molecule has 0 unspecified atom stereocenters. The summed E-state index contributed by atoms with van der Waals surface area (Å²) in [7, 11) is 1.85. The first-order valence-electron chi connectivity index (χ1n) is 6.83. The van der Waals surface area contributed by atoms with Crippen LogP contribution in [-0.4, -0.2) is 31.6 Å². The van der Waals surface area contributed by atoms with Gasteiger partial charge in [-0.2, -0.15) is 0 Å². The van der Waals surface area contributed by atoms with Crippen LogP contribution in [0.5, 0.6) is 0 Å². The summed E-state index contributed by atoms with van der Waals surface area (Å²) in [6.07, 6.45) is 1.66. The number of hydrogen-bond acceptors (Lipinski definition) is 2. The molecule has 0 saturated carbocycles. The molecule has 0 aliphatic carbocycles. The number of piperidine rings is 1. The van der Waals surface area contributed by atoms with Gasteiger partial charge in [-0.25, -0.2) is 22.0 Å². The van der Waals surface area contributed by atoms with Crippen LogP contribution in [0.15, 0.2) is 0 Å². The van der Waals surface area contributed by atoms with E-state index in [1.165, 1.54) is 0 Å². The minimum absolute atomic E-state index is 0.266. The molecule has 1 aromatic carbocycles. The van der Waals surface area contributed by atoms with E-state index in [4.69, 9.17) is 0 Å². The second kappa shape index (κ2) is 6.70. The highest BCUT2D eigenvalue weighted by molar-refractivity contribution is 5.24. The SMILES string of the molecule is CNCC1CCN(Cc2c(F)c(F)c(F)c(F)c2F)CC1. The van der Waals surface area contributed by atoms with E-state index in [-0.39, 0.29) is 6.54 Å². The molecule has 0 spiro atoms. The fourth-order valence-electron chi connectivity index (χ4n) is 2.65. The van der Waals surface area contributed by atoms with Crippen LogP contribution in [-0.2, 0) is 6.54 Å². The Morgan fingerprint density at radius 1 is 0.905 bits per heavy atom. The van der Waals surface area contributed by atoms with E-state index in [1.54, 1.807) is 4.90 Å². The predicted molar refractivity (Wildman–Crippen MR) is 68.2 cm³/mol. The largest absolute Gasteiger partial charge is 0.319 e. The van der Waals surface area contributed by atoms with Gasteiger partial charge in [0.15, 0.2) is 23.3 Å². The van der Waals surface area contributed by atoms with E-state index >= 15 is 0 Å². The summed E-state index contributed by atoms with van der Waals surface area (Å²) in [6, 6.07) is 0. The Morgan fingerprint density at radius 2 is 1.38 bits per heavy atom. The van der Waals surface area contributed by atoms with Crippen LogP contribution in [0.1, 0.15) is 18.4 Å². The van der Waals surface area contributed by atoms with Gasteiger partial charge in [-0.05, 0) is 45.4 Å². The number of hydrogen-bond donors (Lipinski definition) is 1. The third-order valence-electron chi connectivity index (χ3n) is 3.88. The van der Waals surface area contributed by atoms with Gasteiger partial charge in [-0.3, -0.25) is 4.90 Å². The second-order valence-electron chi connectivity index (χ2n) is 5.33. The molecule has 1 aromatic rings. The summed E-state index contributed by atoms with van der Waals surface area (Å²) in [6.45, 7) is 1.74. The number of likely N-dealkylation sites (tertiary alicyclic amines) is 1. The predicted octanol–water partition coefficient (Wildman–Crippen LogP) is 2.81. The third kappa shape index (κ3) is 3.35. The molecule has 1 saturated heterocycles. The van der Waals surface area contributed by atoms with Crippen molar-refractivity contribution in [2.45, 2.75) is 19.4 Å². The molecule has 2 nitrogen and oxygen atoms in total. The Hall–Kier alpha value is -1.21. The van der Waals surface area contributed by atoms with Crippen molar-refractivity contribution < 1.29 is 22.0 Å². The first kappa shape index (κ1) is 16.2. The molecule has 1 heterocycles. The monoisotopic (exact) mass is 308 g/mol. The fourth-order valence-corrected chi connectivity index (χ4v) is 2.65. The van der Waals surface area contributed by atoms with Crippen LogP contribution in [0.2, 0.25) is 0 Å². The molecule has 1 aliphatic rings. The van der Waals surface area contributed by atoms with E-state index < -0.39 is 34.6 Å². The van der Waals surface area contributed by atoms with Crippen molar-refractivity contribution in [3.63, 3.8) is 0 Å². The number of rotatable bonds is 4. The smallest absolute Gasteiger partial charge is 0.200 e. The molecule has 7 heteroatoms. The summed E-state index contributed by atoms with van der Waals surface area (Å²) in [5.74, 6) is -8.86. The maximum Gasteiger partial charge on any atom is 0.200 e. The van der Waals surface area contributed by atoms with Crippen molar-refractivity contribution in [1.29, 1.82) is 0 Å². The molecule has 0 amide bonds. The number of halogens is 5. The van der Waals surface area contributed by atoms with Crippen molar-refractivity contribution in [3.8, 4) is 0 Å². The van der Waals surface area contributed by atoms with Gasteiger partial charge in [0.2, 0.25) is 5.82 Å². The van der Waals surface area contributed by atoms with Crippen molar-refractivity contribution >= 4 is 0 Å². The van der Waals surface area contributed by atoms with Crippen LogP contribution in [0.25, 0.3) is 0 Å². The summed E-state index contributed by atoms with van der Waals surface area (Å²) in [4.78, 5) is 1.71. The van der Waals surface area contributed by atoms with Crippen molar-refractivity contribution in [2.75, 3.05) is 26.7 Å². The summed E-state index contributed by atoms with van der Waals surface area (Å²) in [5.41, 5.74) is -0.751. The van der Waals surface area contributed by atoms with Gasteiger partial charge >= 0.3 is 0 Å². The fraction of sp³-hybridized carbons (Fsp3) is 0.571. The third-order valence-corrected chi connectivity index (χ3v) is 3.88. The number of nitrogens with one attached hydrogen (secondary N) is 1. The van der Waals surface area contributed by atoms with Crippen LogP contribution in [0.4, 0.5) is 22.0 Å². The van der Waals surface area contributed by atoms with E-state index in [2.05, 4.69) is 5.32 Å². The normalized spacial score (nSPS) is 17.4. The molecule has 0 aromatic heterocycles. The zero-order valence-electron chi connectivity index (χ0n) is 11.7. The first-order valence-corrected chi connectivity index (χ1v) is 6.83. The van der Waals surface area contributed by atoms with Gasteiger partial charge in [0.05, 0.1) is 0 Å². The molecule has 21 heavy (non-hydrogen) atoms. The Morgan fingerprint density at radius 3 is 1.86 bits per heavy atom. The molecule has 0 bridgehead atoms. The minimum atomic E-state index is -2.11. The lowest BCUT2D eigenvalue weighted by Gasteiger charge is -2.32. The van der Waals surface area contributed by atoms with E-state index in [0.717, 1.165) is 19.4 Å². The molecule has 0 atom stereocenters. The van der Waals surface area contributed by atoms with Crippen LogP contribution >= 0.6 is 0 Å². The maximum atomic E-state index is 13.6. The standard InChI is InChI=1S/C14H17F5N2/c1-20-6-8-2-4-21(5-3-8)7-9-10(15)12(17)14(19)13(18)11(9)16/h8,20H,2-7H2,1H3. The molecule has 2 rings (SSSR count). The van der Waals surface area contributed by atoms with Crippen LogP contribution < -0.4 is 5.32 Å². The number of nitrogens with zero attached hydrogens (tertiary/aromatic N) is 1. The lowest BCUT2D eigenvalue weighted by atomic mass is 9.96. The van der Waals surface area contributed by atoms with E-state index in [0.29, 0.717) is 19.0 Å². The van der Waals surface area contributed by atoms with Gasteiger partial charge < -0.3 is 5.32 Å². The molecule has 118 valence electrons. The molecular weight excluding hydrogens is 291 g/mol. The molecular formula is C14H17F5N2.